The SMILES string of the molecule is CCNC(=NCC(O)c1ccccc1F)N(C)Cc1cc(Br)cn1C.I. The van der Waals surface area contributed by atoms with Gasteiger partial charge in [-0.2, -0.15) is 0 Å². The Hall–Kier alpha value is -1.13. The normalized spacial score (nSPS) is 12.5. The smallest absolute Gasteiger partial charge is 0.194 e. The van der Waals surface area contributed by atoms with Crippen LogP contribution in [0.15, 0.2) is 46.0 Å². The van der Waals surface area contributed by atoms with Crippen LogP contribution in [0.3, 0.4) is 0 Å². The second kappa shape index (κ2) is 10.9. The highest BCUT2D eigenvalue weighted by Gasteiger charge is 2.14. The molecule has 1 aromatic heterocycles. The lowest BCUT2D eigenvalue weighted by atomic mass is 10.1. The van der Waals surface area contributed by atoms with Crippen molar-refractivity contribution in [1.82, 2.24) is 14.8 Å². The van der Waals surface area contributed by atoms with E-state index in [0.717, 1.165) is 10.2 Å². The van der Waals surface area contributed by atoms with Crippen LogP contribution in [0.2, 0.25) is 0 Å². The second-order valence-corrected chi connectivity index (χ2v) is 6.76. The first-order valence-corrected chi connectivity index (χ1v) is 8.94. The van der Waals surface area contributed by atoms with Crippen molar-refractivity contribution in [2.45, 2.75) is 19.6 Å². The molecule has 0 aliphatic rings. The number of halogens is 3. The van der Waals surface area contributed by atoms with Crippen molar-refractivity contribution in [1.29, 1.82) is 0 Å². The third-order valence-corrected chi connectivity index (χ3v) is 4.28. The summed E-state index contributed by atoms with van der Waals surface area (Å²) in [5, 5.41) is 13.4. The van der Waals surface area contributed by atoms with Crippen molar-refractivity contribution in [3.05, 3.63) is 58.1 Å². The molecular weight excluding hydrogens is 514 g/mol. The quantitative estimate of drug-likeness (QED) is 0.335. The summed E-state index contributed by atoms with van der Waals surface area (Å²) < 4.78 is 16.8. The minimum absolute atomic E-state index is 0. The topological polar surface area (TPSA) is 52.8 Å². The molecule has 0 radical (unpaired) electrons. The number of aromatic nitrogens is 1. The molecule has 2 rings (SSSR count). The second-order valence-electron chi connectivity index (χ2n) is 5.85. The van der Waals surface area contributed by atoms with Crippen molar-refractivity contribution < 1.29 is 9.50 Å². The van der Waals surface area contributed by atoms with E-state index in [1.165, 1.54) is 6.07 Å². The predicted octanol–water partition coefficient (Wildman–Crippen LogP) is 3.68. The number of benzene rings is 1. The van der Waals surface area contributed by atoms with E-state index in [9.17, 15) is 9.50 Å². The van der Waals surface area contributed by atoms with E-state index in [1.54, 1.807) is 18.2 Å². The van der Waals surface area contributed by atoms with Crippen LogP contribution >= 0.6 is 39.9 Å². The number of aliphatic hydroxyl groups excluding tert-OH is 1. The van der Waals surface area contributed by atoms with Gasteiger partial charge in [0.15, 0.2) is 5.96 Å². The molecule has 0 amide bonds. The molecule has 0 aliphatic carbocycles. The summed E-state index contributed by atoms with van der Waals surface area (Å²) in [6.07, 6.45) is 1.02. The lowest BCUT2D eigenvalue weighted by Crippen LogP contribution is -2.39. The van der Waals surface area contributed by atoms with Crippen LogP contribution in [-0.2, 0) is 13.6 Å². The van der Waals surface area contributed by atoms with Crippen molar-refractivity contribution in [3.8, 4) is 0 Å². The van der Waals surface area contributed by atoms with Gasteiger partial charge in [-0.05, 0) is 35.0 Å². The predicted molar refractivity (Wildman–Crippen MR) is 117 cm³/mol. The van der Waals surface area contributed by atoms with E-state index in [2.05, 4.69) is 26.2 Å². The summed E-state index contributed by atoms with van der Waals surface area (Å²) in [5.41, 5.74) is 1.38. The van der Waals surface area contributed by atoms with Crippen LogP contribution in [0.1, 0.15) is 24.3 Å². The Morgan fingerprint density at radius 1 is 1.42 bits per heavy atom. The van der Waals surface area contributed by atoms with Crippen LogP contribution in [0.5, 0.6) is 0 Å². The van der Waals surface area contributed by atoms with E-state index in [0.29, 0.717) is 19.0 Å². The standard InChI is InChI=1S/C18H24BrFN4O.HI/c1-4-21-18(24(3)12-14-9-13(19)11-23(14)2)22-10-17(25)15-7-5-6-8-16(15)20;/h5-9,11,17,25H,4,10,12H2,1-3H3,(H,21,22);1H. The summed E-state index contributed by atoms with van der Waals surface area (Å²) in [5.74, 6) is 0.243. The van der Waals surface area contributed by atoms with Gasteiger partial charge in [-0.25, -0.2) is 4.39 Å². The van der Waals surface area contributed by atoms with Crippen molar-refractivity contribution >= 4 is 45.9 Å². The average molecular weight is 539 g/mol. The Morgan fingerprint density at radius 2 is 2.12 bits per heavy atom. The molecule has 8 heteroatoms. The monoisotopic (exact) mass is 538 g/mol. The number of aryl methyl sites for hydroxylation is 1. The van der Waals surface area contributed by atoms with Gasteiger partial charge in [-0.3, -0.25) is 4.99 Å². The van der Waals surface area contributed by atoms with Gasteiger partial charge in [0.05, 0.1) is 13.1 Å². The van der Waals surface area contributed by atoms with Gasteiger partial charge in [-0.15, -0.1) is 24.0 Å². The van der Waals surface area contributed by atoms with Gasteiger partial charge >= 0.3 is 0 Å². The first kappa shape index (κ1) is 22.9. The molecule has 0 bridgehead atoms. The summed E-state index contributed by atoms with van der Waals surface area (Å²) in [4.78, 5) is 6.43. The van der Waals surface area contributed by atoms with E-state index in [4.69, 9.17) is 0 Å². The number of guanidine groups is 1. The molecule has 144 valence electrons. The number of nitrogens with one attached hydrogen (secondary N) is 1. The maximum atomic E-state index is 13.8. The van der Waals surface area contributed by atoms with E-state index >= 15 is 0 Å². The molecule has 2 N–H and O–H groups in total. The third-order valence-electron chi connectivity index (χ3n) is 3.85. The molecule has 0 fully saturated rings. The highest BCUT2D eigenvalue weighted by Crippen LogP contribution is 2.17. The summed E-state index contributed by atoms with van der Waals surface area (Å²) in [6, 6.07) is 8.27. The lowest BCUT2D eigenvalue weighted by Gasteiger charge is -2.23. The Morgan fingerprint density at radius 3 is 2.69 bits per heavy atom. The number of hydrogen-bond donors (Lipinski definition) is 2. The first-order chi connectivity index (χ1) is 11.9. The van der Waals surface area contributed by atoms with Crippen LogP contribution in [0, 0.1) is 5.82 Å². The molecule has 26 heavy (non-hydrogen) atoms. The van der Waals surface area contributed by atoms with Crippen LogP contribution in [0.25, 0.3) is 0 Å². The molecule has 0 aliphatic heterocycles. The Kier molecular flexibility index (Phi) is 9.59. The minimum Gasteiger partial charge on any atom is -0.386 e. The molecule has 1 aromatic carbocycles. The van der Waals surface area contributed by atoms with E-state index in [1.807, 2.05) is 42.7 Å². The number of rotatable bonds is 6. The number of aliphatic hydroxyl groups is 1. The zero-order chi connectivity index (χ0) is 18.4. The summed E-state index contributed by atoms with van der Waals surface area (Å²) >= 11 is 3.47. The van der Waals surface area contributed by atoms with Gasteiger partial charge in [0, 0.05) is 42.6 Å². The molecule has 0 saturated carbocycles. The minimum atomic E-state index is -0.979. The third kappa shape index (κ3) is 6.24. The van der Waals surface area contributed by atoms with Gasteiger partial charge in [-0.1, -0.05) is 18.2 Å². The van der Waals surface area contributed by atoms with Crippen LogP contribution < -0.4 is 5.32 Å². The summed E-state index contributed by atoms with van der Waals surface area (Å²) in [7, 11) is 3.91. The Balaban J connectivity index is 0.00000338. The maximum absolute atomic E-state index is 13.8. The summed E-state index contributed by atoms with van der Waals surface area (Å²) in [6.45, 7) is 3.43. The van der Waals surface area contributed by atoms with Gasteiger partial charge in [0.25, 0.3) is 0 Å². The fraction of sp³-hybridized carbons (Fsp3) is 0.389. The van der Waals surface area contributed by atoms with Gasteiger partial charge in [0.2, 0.25) is 0 Å². The van der Waals surface area contributed by atoms with Gasteiger partial charge in [0.1, 0.15) is 11.9 Å². The Bertz CT molecular complexity index is 738. The average Bonchev–Trinajstić information content (AvgIpc) is 2.88. The van der Waals surface area contributed by atoms with Gasteiger partial charge < -0.3 is 19.9 Å². The van der Waals surface area contributed by atoms with Crippen molar-refractivity contribution in [3.63, 3.8) is 0 Å². The fourth-order valence-corrected chi connectivity index (χ4v) is 3.10. The van der Waals surface area contributed by atoms with Crippen LogP contribution in [-0.4, -0.2) is 40.7 Å². The number of aliphatic imine (C=N–C) groups is 1. The highest BCUT2D eigenvalue weighted by molar-refractivity contribution is 14.0. The number of nitrogens with zero attached hydrogens (tertiary/aromatic N) is 3. The molecule has 2 aromatic rings. The van der Waals surface area contributed by atoms with E-state index < -0.39 is 11.9 Å². The molecule has 1 heterocycles. The largest absolute Gasteiger partial charge is 0.386 e. The zero-order valence-corrected chi connectivity index (χ0v) is 19.0. The number of hydrogen-bond acceptors (Lipinski definition) is 2. The van der Waals surface area contributed by atoms with E-state index in [-0.39, 0.29) is 36.1 Å². The molecule has 0 spiro atoms. The lowest BCUT2D eigenvalue weighted by molar-refractivity contribution is 0.181. The molecule has 0 saturated heterocycles. The molecule has 1 atom stereocenters. The molecule has 5 nitrogen and oxygen atoms in total. The van der Waals surface area contributed by atoms with Crippen molar-refractivity contribution in [2.24, 2.45) is 12.0 Å². The van der Waals surface area contributed by atoms with Crippen molar-refractivity contribution in [2.75, 3.05) is 20.1 Å². The van der Waals surface area contributed by atoms with Crippen LogP contribution in [0.4, 0.5) is 4.39 Å². The molecular formula is C18H25BrFIN4O. The zero-order valence-electron chi connectivity index (χ0n) is 15.1. The fourth-order valence-electron chi connectivity index (χ4n) is 2.53. The first-order valence-electron chi connectivity index (χ1n) is 8.15. The highest BCUT2D eigenvalue weighted by atomic mass is 127. The maximum Gasteiger partial charge on any atom is 0.194 e. The molecule has 1 unspecified atom stereocenters. The Labute approximate surface area is 179 Å².